The Morgan fingerprint density at radius 1 is 1.17 bits per heavy atom. The van der Waals surface area contributed by atoms with E-state index in [0.717, 1.165) is 48.6 Å². The highest BCUT2D eigenvalue weighted by Gasteiger charge is 2.18. The summed E-state index contributed by atoms with van der Waals surface area (Å²) in [7, 11) is 0. The molecule has 1 aliphatic carbocycles. The Hall–Kier alpha value is -2.26. The van der Waals surface area contributed by atoms with Gasteiger partial charge in [-0.2, -0.15) is 0 Å². The van der Waals surface area contributed by atoms with Crippen LogP contribution in [-0.4, -0.2) is 37.9 Å². The normalized spacial score (nSPS) is 20.5. The fraction of sp³-hybridized carbons (Fsp3) is 0.556. The molecule has 24 heavy (non-hydrogen) atoms. The van der Waals surface area contributed by atoms with Gasteiger partial charge in [-0.25, -0.2) is 4.68 Å². The van der Waals surface area contributed by atoms with E-state index in [4.69, 9.17) is 4.74 Å². The Morgan fingerprint density at radius 2 is 2.08 bits per heavy atom. The lowest BCUT2D eigenvalue weighted by Crippen LogP contribution is -2.24. The molecule has 1 saturated heterocycles. The summed E-state index contributed by atoms with van der Waals surface area (Å²) in [6.45, 7) is 3.60. The Bertz CT molecular complexity index is 778. The molecule has 0 radical (unpaired) electrons. The van der Waals surface area contributed by atoms with E-state index in [0.29, 0.717) is 5.92 Å². The second-order valence-corrected chi connectivity index (χ2v) is 6.62. The van der Waals surface area contributed by atoms with Gasteiger partial charge in [0.1, 0.15) is 17.1 Å². The van der Waals surface area contributed by atoms with Gasteiger partial charge >= 0.3 is 0 Å². The molecule has 2 aromatic heterocycles. The smallest absolute Gasteiger partial charge is 0.138 e. The van der Waals surface area contributed by atoms with Crippen LogP contribution in [0.3, 0.4) is 0 Å². The number of aryl methyl sites for hydroxylation is 1. The number of rotatable bonds is 3. The number of nitrogens with zero attached hydrogens (tertiary/aromatic N) is 5. The van der Waals surface area contributed by atoms with Gasteiger partial charge in [0.2, 0.25) is 0 Å². The van der Waals surface area contributed by atoms with Gasteiger partial charge in [-0.1, -0.05) is 11.1 Å². The summed E-state index contributed by atoms with van der Waals surface area (Å²) in [5.41, 5.74) is 3.26. The van der Waals surface area contributed by atoms with Gasteiger partial charge in [0.05, 0.1) is 18.8 Å². The minimum absolute atomic E-state index is 0.237. The molecule has 124 valence electrons. The highest BCUT2D eigenvalue weighted by atomic mass is 16.5. The van der Waals surface area contributed by atoms with Crippen LogP contribution >= 0.6 is 0 Å². The zero-order valence-electron chi connectivity index (χ0n) is 13.9. The summed E-state index contributed by atoms with van der Waals surface area (Å²) in [6, 6.07) is 1.98. The van der Waals surface area contributed by atoms with Crippen LogP contribution in [0.1, 0.15) is 43.4 Å². The topological polar surface area (TPSA) is 65.7 Å². The predicted molar refractivity (Wildman–Crippen MR) is 89.0 cm³/mol. The first-order valence-electron chi connectivity index (χ1n) is 8.66. The van der Waals surface area contributed by atoms with Gasteiger partial charge in [0.25, 0.3) is 0 Å². The predicted octanol–water partition coefficient (Wildman–Crippen LogP) is 2.37. The minimum atomic E-state index is 0.237. The summed E-state index contributed by atoms with van der Waals surface area (Å²) >= 11 is 0. The molecular weight excluding hydrogens is 302 g/mol. The highest BCUT2D eigenvalue weighted by Crippen LogP contribution is 2.27. The molecule has 2 aliphatic rings. The zero-order valence-corrected chi connectivity index (χ0v) is 13.9. The number of ether oxygens (including phenoxy) is 1. The fourth-order valence-corrected chi connectivity index (χ4v) is 2.80. The molecule has 1 saturated carbocycles. The molecule has 0 N–H and O–H groups in total. The molecule has 1 unspecified atom stereocenters. The average molecular weight is 323 g/mol. The van der Waals surface area contributed by atoms with E-state index in [1.807, 2.05) is 23.9 Å². The van der Waals surface area contributed by atoms with E-state index in [1.54, 1.807) is 0 Å². The van der Waals surface area contributed by atoms with Crippen LogP contribution in [0.25, 0.3) is 11.4 Å². The van der Waals surface area contributed by atoms with E-state index in [9.17, 15) is 0 Å². The number of hydrogen-bond donors (Lipinski definition) is 0. The summed E-state index contributed by atoms with van der Waals surface area (Å²) in [6.07, 6.45) is 8.04. The molecule has 0 spiro atoms. The zero-order chi connectivity index (χ0) is 16.4. The first-order chi connectivity index (χ1) is 11.8. The van der Waals surface area contributed by atoms with Crippen molar-refractivity contribution in [2.75, 3.05) is 6.61 Å². The Labute approximate surface area is 141 Å². The van der Waals surface area contributed by atoms with Gasteiger partial charge in [-0.05, 0) is 56.6 Å². The molecule has 2 aromatic rings. The van der Waals surface area contributed by atoms with Crippen LogP contribution in [-0.2, 0) is 11.3 Å². The minimum Gasteiger partial charge on any atom is -0.376 e. The maximum atomic E-state index is 5.75. The van der Waals surface area contributed by atoms with Crippen LogP contribution < -0.4 is 0 Å². The van der Waals surface area contributed by atoms with Crippen LogP contribution in [0.4, 0.5) is 0 Å². The van der Waals surface area contributed by atoms with Crippen LogP contribution in [0.2, 0.25) is 0 Å². The van der Waals surface area contributed by atoms with Crippen molar-refractivity contribution < 1.29 is 4.74 Å². The van der Waals surface area contributed by atoms with Crippen molar-refractivity contribution in [1.29, 1.82) is 0 Å². The molecule has 0 aromatic carbocycles. The van der Waals surface area contributed by atoms with Crippen molar-refractivity contribution in [2.45, 2.75) is 51.7 Å². The number of hydrogen-bond acceptors (Lipinski definition) is 5. The third-order valence-corrected chi connectivity index (χ3v) is 4.42. The van der Waals surface area contributed by atoms with Crippen LogP contribution in [0.5, 0.6) is 0 Å². The van der Waals surface area contributed by atoms with Crippen molar-refractivity contribution in [3.8, 4) is 23.2 Å². The number of aromatic nitrogens is 5. The Morgan fingerprint density at radius 3 is 2.83 bits per heavy atom. The Balaban J connectivity index is 1.47. The SMILES string of the molecule is Cc1cc(-c2cn(CC3CCCCO3)nn2)nnc1C#CC1CC1. The second-order valence-electron chi connectivity index (χ2n) is 6.62. The van der Waals surface area contributed by atoms with Crippen LogP contribution in [0, 0.1) is 24.7 Å². The maximum absolute atomic E-state index is 5.75. The van der Waals surface area contributed by atoms with Crippen molar-refractivity contribution in [1.82, 2.24) is 25.2 Å². The van der Waals surface area contributed by atoms with Gasteiger partial charge in [-0.3, -0.25) is 0 Å². The quantitative estimate of drug-likeness (QED) is 0.811. The van der Waals surface area contributed by atoms with Crippen molar-refractivity contribution in [3.63, 3.8) is 0 Å². The standard InChI is InChI=1S/C18H21N5O/c1-13-10-17(20-19-16(13)8-7-14-5-6-14)18-12-23(22-21-18)11-15-4-2-3-9-24-15/h10,12,14-15H,2-6,9,11H2,1H3. The third kappa shape index (κ3) is 3.62. The molecule has 0 amide bonds. The van der Waals surface area contributed by atoms with E-state index in [-0.39, 0.29) is 6.10 Å². The lowest BCUT2D eigenvalue weighted by molar-refractivity contribution is 0.00370. The van der Waals surface area contributed by atoms with Gasteiger partial charge in [-0.15, -0.1) is 15.3 Å². The molecule has 2 fully saturated rings. The first-order valence-corrected chi connectivity index (χ1v) is 8.66. The summed E-state index contributed by atoms with van der Waals surface area (Å²) in [4.78, 5) is 0. The van der Waals surface area contributed by atoms with Crippen molar-refractivity contribution in [2.24, 2.45) is 5.92 Å². The van der Waals surface area contributed by atoms with E-state index < -0.39 is 0 Å². The molecule has 6 nitrogen and oxygen atoms in total. The fourth-order valence-electron chi connectivity index (χ4n) is 2.80. The third-order valence-electron chi connectivity index (χ3n) is 4.42. The highest BCUT2D eigenvalue weighted by molar-refractivity contribution is 5.54. The van der Waals surface area contributed by atoms with Crippen molar-refractivity contribution >= 4 is 0 Å². The van der Waals surface area contributed by atoms with Gasteiger partial charge in [0.15, 0.2) is 0 Å². The summed E-state index contributed by atoms with van der Waals surface area (Å²) in [5.74, 6) is 6.92. The lowest BCUT2D eigenvalue weighted by Gasteiger charge is -2.21. The molecule has 0 bridgehead atoms. The van der Waals surface area contributed by atoms with E-state index >= 15 is 0 Å². The molecular formula is C18H21N5O. The van der Waals surface area contributed by atoms with Crippen molar-refractivity contribution in [3.05, 3.63) is 23.5 Å². The van der Waals surface area contributed by atoms with Gasteiger partial charge in [0, 0.05) is 12.5 Å². The average Bonchev–Trinajstić information content (AvgIpc) is 3.32. The molecule has 3 heterocycles. The lowest BCUT2D eigenvalue weighted by atomic mass is 10.1. The van der Waals surface area contributed by atoms with Gasteiger partial charge < -0.3 is 4.74 Å². The van der Waals surface area contributed by atoms with E-state index in [2.05, 4.69) is 32.4 Å². The van der Waals surface area contributed by atoms with E-state index in [1.165, 1.54) is 19.3 Å². The van der Waals surface area contributed by atoms with Crippen LogP contribution in [0.15, 0.2) is 12.3 Å². The largest absolute Gasteiger partial charge is 0.376 e. The summed E-state index contributed by atoms with van der Waals surface area (Å²) < 4.78 is 7.59. The Kier molecular flexibility index (Phi) is 4.26. The first kappa shape index (κ1) is 15.3. The molecule has 6 heteroatoms. The second kappa shape index (κ2) is 6.70. The molecule has 4 rings (SSSR count). The molecule has 1 atom stereocenters. The monoisotopic (exact) mass is 323 g/mol. The molecule has 1 aliphatic heterocycles. The maximum Gasteiger partial charge on any atom is 0.138 e. The summed E-state index contributed by atoms with van der Waals surface area (Å²) in [5, 5.41) is 16.9.